The van der Waals surface area contributed by atoms with Gasteiger partial charge in [-0.15, -0.1) is 0 Å². The zero-order chi connectivity index (χ0) is 15.1. The van der Waals surface area contributed by atoms with E-state index in [9.17, 15) is 9.59 Å². The monoisotopic (exact) mass is 380 g/mol. The summed E-state index contributed by atoms with van der Waals surface area (Å²) in [5, 5.41) is 14.6. The molecule has 0 fully saturated rings. The summed E-state index contributed by atoms with van der Waals surface area (Å²) >= 11 is 10.6. The predicted octanol–water partition coefficient (Wildman–Crippen LogP) is 3.43. The number of carboxylic acid groups (broad SMARTS) is 1. The second kappa shape index (κ2) is 8.39. The SMILES string of the molecule is CSCC[C@@H](NC(=O)Nc1ccc(Cl)cc1Br)C(=O)O. The average Bonchev–Trinajstić information content (AvgIpc) is 2.37. The van der Waals surface area contributed by atoms with Gasteiger partial charge in [-0.1, -0.05) is 11.6 Å². The number of hydrogen-bond donors (Lipinski definition) is 3. The second-order valence-corrected chi connectivity index (χ2v) is 6.17. The number of benzene rings is 1. The molecular weight excluding hydrogens is 368 g/mol. The van der Waals surface area contributed by atoms with Crippen molar-refractivity contribution in [3.8, 4) is 0 Å². The molecule has 8 heteroatoms. The number of amides is 2. The molecule has 0 aliphatic heterocycles. The molecule has 2 amide bonds. The summed E-state index contributed by atoms with van der Waals surface area (Å²) in [5.74, 6) is -0.397. The van der Waals surface area contributed by atoms with Crippen molar-refractivity contribution in [1.82, 2.24) is 5.32 Å². The van der Waals surface area contributed by atoms with Crippen LogP contribution in [0.1, 0.15) is 6.42 Å². The number of carbonyl (C=O) groups excluding carboxylic acids is 1. The predicted molar refractivity (Wildman–Crippen MR) is 85.7 cm³/mol. The van der Waals surface area contributed by atoms with Crippen molar-refractivity contribution in [2.45, 2.75) is 12.5 Å². The van der Waals surface area contributed by atoms with Crippen LogP contribution in [0.2, 0.25) is 5.02 Å². The first-order valence-electron chi connectivity index (χ1n) is 5.68. The zero-order valence-electron chi connectivity index (χ0n) is 10.7. The Labute approximate surface area is 134 Å². The summed E-state index contributed by atoms with van der Waals surface area (Å²) in [5.41, 5.74) is 0.515. The first-order valence-corrected chi connectivity index (χ1v) is 8.25. The molecule has 0 saturated heterocycles. The molecule has 0 radical (unpaired) electrons. The normalized spacial score (nSPS) is 11.8. The van der Waals surface area contributed by atoms with Crippen LogP contribution < -0.4 is 10.6 Å². The van der Waals surface area contributed by atoms with Gasteiger partial charge in [0.25, 0.3) is 0 Å². The van der Waals surface area contributed by atoms with Gasteiger partial charge in [0.05, 0.1) is 5.69 Å². The fourth-order valence-corrected chi connectivity index (χ4v) is 2.65. The van der Waals surface area contributed by atoms with E-state index >= 15 is 0 Å². The van der Waals surface area contributed by atoms with Crippen LogP contribution in [-0.2, 0) is 4.79 Å². The van der Waals surface area contributed by atoms with Crippen LogP contribution in [0.15, 0.2) is 22.7 Å². The number of rotatable bonds is 6. The third-order valence-corrected chi connectivity index (χ3v) is 3.93. The Bertz CT molecular complexity index is 502. The van der Waals surface area contributed by atoms with Gasteiger partial charge in [-0.05, 0) is 52.6 Å². The molecule has 0 aliphatic carbocycles. The molecule has 1 rings (SSSR count). The fourth-order valence-electron chi connectivity index (χ4n) is 1.40. The van der Waals surface area contributed by atoms with E-state index in [2.05, 4.69) is 26.6 Å². The Morgan fingerprint density at radius 3 is 2.75 bits per heavy atom. The van der Waals surface area contributed by atoms with Gasteiger partial charge >= 0.3 is 12.0 Å². The van der Waals surface area contributed by atoms with Crippen molar-refractivity contribution in [3.05, 3.63) is 27.7 Å². The smallest absolute Gasteiger partial charge is 0.326 e. The van der Waals surface area contributed by atoms with Gasteiger partial charge in [-0.2, -0.15) is 11.8 Å². The lowest BCUT2D eigenvalue weighted by molar-refractivity contribution is -0.139. The van der Waals surface area contributed by atoms with Crippen LogP contribution in [0.25, 0.3) is 0 Å². The molecule has 0 unspecified atom stereocenters. The van der Waals surface area contributed by atoms with Crippen molar-refractivity contribution in [2.24, 2.45) is 0 Å². The number of halogens is 2. The summed E-state index contributed by atoms with van der Waals surface area (Å²) in [6.45, 7) is 0. The standard InChI is InChI=1S/C12H14BrClN2O3S/c1-20-5-4-10(11(17)18)16-12(19)15-9-3-2-7(14)6-8(9)13/h2-3,6,10H,4-5H2,1H3,(H,17,18)(H2,15,16,19)/t10-/m1/s1. The van der Waals surface area contributed by atoms with Gasteiger partial charge in [0.1, 0.15) is 6.04 Å². The molecule has 1 atom stereocenters. The summed E-state index contributed by atoms with van der Waals surface area (Å²) in [6, 6.07) is 3.42. The molecule has 0 heterocycles. The molecule has 0 spiro atoms. The third-order valence-electron chi connectivity index (χ3n) is 2.39. The quantitative estimate of drug-likeness (QED) is 0.705. The van der Waals surface area contributed by atoms with Crippen LogP contribution in [-0.4, -0.2) is 35.2 Å². The lowest BCUT2D eigenvalue weighted by atomic mass is 10.2. The molecule has 1 aromatic carbocycles. The number of hydrogen-bond acceptors (Lipinski definition) is 3. The Morgan fingerprint density at radius 1 is 1.50 bits per heavy atom. The topological polar surface area (TPSA) is 78.4 Å². The van der Waals surface area contributed by atoms with Crippen molar-refractivity contribution >= 4 is 57.0 Å². The van der Waals surface area contributed by atoms with E-state index < -0.39 is 18.0 Å². The lowest BCUT2D eigenvalue weighted by Gasteiger charge is -2.15. The molecule has 0 saturated carbocycles. The molecule has 20 heavy (non-hydrogen) atoms. The maximum Gasteiger partial charge on any atom is 0.326 e. The van der Waals surface area contributed by atoms with Gasteiger partial charge in [-0.25, -0.2) is 9.59 Å². The highest BCUT2D eigenvalue weighted by Gasteiger charge is 2.19. The summed E-state index contributed by atoms with van der Waals surface area (Å²) < 4.78 is 0.621. The van der Waals surface area contributed by atoms with Gasteiger partial charge < -0.3 is 15.7 Å². The number of carboxylic acids is 1. The van der Waals surface area contributed by atoms with Crippen LogP contribution in [0.5, 0.6) is 0 Å². The minimum absolute atomic E-state index is 0.367. The summed E-state index contributed by atoms with van der Waals surface area (Å²) in [7, 11) is 0. The van der Waals surface area contributed by atoms with E-state index in [1.807, 2.05) is 6.26 Å². The second-order valence-electron chi connectivity index (χ2n) is 3.89. The van der Waals surface area contributed by atoms with Gasteiger partial charge in [0, 0.05) is 9.50 Å². The Balaban J connectivity index is 2.63. The van der Waals surface area contributed by atoms with Gasteiger partial charge in [0.15, 0.2) is 0 Å². The van der Waals surface area contributed by atoms with Crippen molar-refractivity contribution in [1.29, 1.82) is 0 Å². The third kappa shape index (κ3) is 5.60. The van der Waals surface area contributed by atoms with E-state index in [0.29, 0.717) is 27.4 Å². The minimum Gasteiger partial charge on any atom is -0.480 e. The maximum absolute atomic E-state index is 11.8. The van der Waals surface area contributed by atoms with Crippen LogP contribution in [0.3, 0.4) is 0 Å². The van der Waals surface area contributed by atoms with Gasteiger partial charge in [0.2, 0.25) is 0 Å². The van der Waals surface area contributed by atoms with E-state index in [0.717, 1.165) is 0 Å². The summed E-state index contributed by atoms with van der Waals surface area (Å²) in [4.78, 5) is 22.8. The lowest BCUT2D eigenvalue weighted by Crippen LogP contribution is -2.43. The number of thioether (sulfide) groups is 1. The first kappa shape index (κ1) is 17.1. The molecule has 0 aromatic heterocycles. The van der Waals surface area contributed by atoms with E-state index in [-0.39, 0.29) is 0 Å². The Morgan fingerprint density at radius 2 is 2.20 bits per heavy atom. The maximum atomic E-state index is 11.8. The van der Waals surface area contributed by atoms with Crippen LogP contribution in [0.4, 0.5) is 10.5 Å². The van der Waals surface area contributed by atoms with Gasteiger partial charge in [-0.3, -0.25) is 0 Å². The Hall–Kier alpha value is -0.920. The van der Waals surface area contributed by atoms with Crippen molar-refractivity contribution in [2.75, 3.05) is 17.3 Å². The molecule has 0 bridgehead atoms. The molecule has 5 nitrogen and oxygen atoms in total. The molecular formula is C12H14BrClN2O3S. The zero-order valence-corrected chi connectivity index (χ0v) is 13.8. The molecule has 1 aromatic rings. The minimum atomic E-state index is -1.05. The fraction of sp³-hybridized carbons (Fsp3) is 0.333. The molecule has 3 N–H and O–H groups in total. The van der Waals surface area contributed by atoms with Crippen molar-refractivity contribution < 1.29 is 14.7 Å². The van der Waals surface area contributed by atoms with Crippen molar-refractivity contribution in [3.63, 3.8) is 0 Å². The number of urea groups is 1. The first-order chi connectivity index (χ1) is 9.43. The summed E-state index contributed by atoms with van der Waals surface area (Å²) in [6.07, 6.45) is 2.25. The number of anilines is 1. The van der Waals surface area contributed by atoms with E-state index in [4.69, 9.17) is 16.7 Å². The van der Waals surface area contributed by atoms with E-state index in [1.54, 1.807) is 18.2 Å². The largest absolute Gasteiger partial charge is 0.480 e. The highest BCUT2D eigenvalue weighted by Crippen LogP contribution is 2.25. The highest BCUT2D eigenvalue weighted by atomic mass is 79.9. The number of carbonyl (C=O) groups is 2. The molecule has 0 aliphatic rings. The average molecular weight is 382 g/mol. The Kier molecular flexibility index (Phi) is 7.18. The molecule has 110 valence electrons. The van der Waals surface area contributed by atoms with E-state index in [1.165, 1.54) is 11.8 Å². The van der Waals surface area contributed by atoms with Crippen LogP contribution >= 0.6 is 39.3 Å². The number of aliphatic carboxylic acids is 1. The number of nitrogens with one attached hydrogen (secondary N) is 2. The highest BCUT2D eigenvalue weighted by molar-refractivity contribution is 9.10. The van der Waals surface area contributed by atoms with Crippen LogP contribution in [0, 0.1) is 0 Å².